The third-order valence-electron chi connectivity index (χ3n) is 3.40. The van der Waals surface area contributed by atoms with Gasteiger partial charge >= 0.3 is 12.0 Å². The zero-order chi connectivity index (χ0) is 18.7. The maximum Gasteiger partial charge on any atom is 0.411 e. The Morgan fingerprint density at radius 2 is 1.79 bits per heavy atom. The molecule has 24 heavy (non-hydrogen) atoms. The lowest BCUT2D eigenvalue weighted by molar-refractivity contribution is 0.0100. The van der Waals surface area contributed by atoms with Gasteiger partial charge in [-0.1, -0.05) is 6.07 Å². The van der Waals surface area contributed by atoms with Crippen LogP contribution in [0, 0.1) is 4.91 Å². The summed E-state index contributed by atoms with van der Waals surface area (Å²) in [5, 5.41) is 12.2. The molecule has 132 valence electrons. The van der Waals surface area contributed by atoms with Crippen molar-refractivity contribution in [2.24, 2.45) is 5.18 Å². The molecular formula is C17H24N2O5. The first-order valence-electron chi connectivity index (χ1n) is 7.70. The highest BCUT2D eigenvalue weighted by Gasteiger charge is 2.29. The lowest BCUT2D eigenvalue weighted by Crippen LogP contribution is -2.42. The highest BCUT2D eigenvalue weighted by Crippen LogP contribution is 2.29. The second-order valence-corrected chi connectivity index (χ2v) is 6.83. The molecule has 0 aliphatic heterocycles. The smallest absolute Gasteiger partial charge is 0.411 e. The minimum atomic E-state index is -1.04. The average molecular weight is 336 g/mol. The minimum absolute atomic E-state index is 0.144. The standard InChI is InChI=1S/C17H24N2O5/c1-10(2)19(16(22)24-17(4,5)6)11(3)12-7-8-13(14(20)9-12)15(21)18-23/h7-11,20H,1-6H3. The number of phenolic OH excluding ortho intramolecular Hbond substituents is 1. The zero-order valence-electron chi connectivity index (χ0n) is 14.9. The molecule has 1 unspecified atom stereocenters. The van der Waals surface area contributed by atoms with Gasteiger partial charge in [0.2, 0.25) is 0 Å². The van der Waals surface area contributed by atoms with Crippen LogP contribution in [0.5, 0.6) is 5.75 Å². The van der Waals surface area contributed by atoms with E-state index in [9.17, 15) is 19.6 Å². The number of phenols is 1. The van der Waals surface area contributed by atoms with E-state index in [0.29, 0.717) is 5.56 Å². The highest BCUT2D eigenvalue weighted by molar-refractivity contribution is 5.97. The number of ether oxygens (including phenoxy) is 1. The van der Waals surface area contributed by atoms with Gasteiger partial charge in [-0.25, -0.2) is 4.79 Å². The number of carbonyl (C=O) groups excluding carboxylic acids is 2. The molecule has 7 nitrogen and oxygen atoms in total. The first-order chi connectivity index (χ1) is 11.0. The van der Waals surface area contributed by atoms with Crippen LogP contribution in [0.2, 0.25) is 0 Å². The van der Waals surface area contributed by atoms with E-state index in [1.165, 1.54) is 12.1 Å². The van der Waals surface area contributed by atoms with E-state index in [1.54, 1.807) is 38.7 Å². The Morgan fingerprint density at radius 1 is 1.21 bits per heavy atom. The van der Waals surface area contributed by atoms with Crippen molar-refractivity contribution in [3.05, 3.63) is 34.2 Å². The molecule has 0 fully saturated rings. The molecule has 7 heteroatoms. The number of hydrogen-bond donors (Lipinski definition) is 1. The fourth-order valence-corrected chi connectivity index (χ4v) is 2.33. The summed E-state index contributed by atoms with van der Waals surface area (Å²) in [6, 6.07) is 3.69. The van der Waals surface area contributed by atoms with E-state index in [-0.39, 0.29) is 17.4 Å². The van der Waals surface area contributed by atoms with Crippen molar-refractivity contribution in [1.29, 1.82) is 0 Å². The summed E-state index contributed by atoms with van der Waals surface area (Å²) >= 11 is 0. The number of rotatable bonds is 4. The number of carbonyl (C=O) groups is 2. The molecule has 0 spiro atoms. The van der Waals surface area contributed by atoms with Gasteiger partial charge in [0.05, 0.1) is 11.6 Å². The normalized spacial score (nSPS) is 12.6. The fourth-order valence-electron chi connectivity index (χ4n) is 2.33. The van der Waals surface area contributed by atoms with Crippen LogP contribution < -0.4 is 0 Å². The number of nitrogens with zero attached hydrogens (tertiary/aromatic N) is 2. The summed E-state index contributed by atoms with van der Waals surface area (Å²) in [6.07, 6.45) is -0.473. The summed E-state index contributed by atoms with van der Waals surface area (Å²) in [7, 11) is 0. The molecule has 0 saturated heterocycles. The Labute approximate surface area is 141 Å². The van der Waals surface area contributed by atoms with Crippen molar-refractivity contribution in [3.63, 3.8) is 0 Å². The zero-order valence-corrected chi connectivity index (χ0v) is 14.9. The summed E-state index contributed by atoms with van der Waals surface area (Å²) < 4.78 is 5.43. The molecule has 1 atom stereocenters. The fraction of sp³-hybridized carbons (Fsp3) is 0.529. The Bertz CT molecular complexity index is 634. The highest BCUT2D eigenvalue weighted by atomic mass is 16.6. The second-order valence-electron chi connectivity index (χ2n) is 6.83. The van der Waals surface area contributed by atoms with Crippen molar-refractivity contribution >= 4 is 12.0 Å². The summed E-state index contributed by atoms with van der Waals surface area (Å²) in [5.41, 5.74) is -0.193. The maximum absolute atomic E-state index is 12.5. The van der Waals surface area contributed by atoms with Gasteiger partial charge in [0.25, 0.3) is 0 Å². The van der Waals surface area contributed by atoms with Crippen LogP contribution in [0.15, 0.2) is 23.4 Å². The quantitative estimate of drug-likeness (QED) is 0.838. The van der Waals surface area contributed by atoms with Gasteiger partial charge in [-0.05, 0) is 59.2 Å². The number of nitroso groups, excluding NO2 is 1. The first-order valence-corrected chi connectivity index (χ1v) is 7.70. The average Bonchev–Trinajstić information content (AvgIpc) is 2.43. The Balaban J connectivity index is 3.14. The number of aromatic hydroxyl groups is 1. The molecule has 0 aromatic heterocycles. The molecule has 1 N–H and O–H groups in total. The molecule has 0 radical (unpaired) electrons. The molecule has 1 rings (SSSR count). The molecule has 0 aliphatic carbocycles. The maximum atomic E-state index is 12.5. The summed E-state index contributed by atoms with van der Waals surface area (Å²) in [5.74, 6) is -1.39. The van der Waals surface area contributed by atoms with E-state index in [2.05, 4.69) is 5.18 Å². The van der Waals surface area contributed by atoms with Crippen LogP contribution in [0.4, 0.5) is 4.79 Å². The van der Waals surface area contributed by atoms with Crippen molar-refractivity contribution in [2.75, 3.05) is 0 Å². The number of benzene rings is 1. The SMILES string of the molecule is CC(C)N(C(=O)OC(C)(C)C)C(C)c1ccc(C(=O)N=O)c(O)c1. The second kappa shape index (κ2) is 7.42. The Kier molecular flexibility index (Phi) is 6.06. The van der Waals surface area contributed by atoms with Gasteiger partial charge < -0.3 is 9.84 Å². The minimum Gasteiger partial charge on any atom is -0.507 e. The summed E-state index contributed by atoms with van der Waals surface area (Å²) in [6.45, 7) is 10.9. The summed E-state index contributed by atoms with van der Waals surface area (Å²) in [4.78, 5) is 35.6. The largest absolute Gasteiger partial charge is 0.507 e. The van der Waals surface area contributed by atoms with Crippen LogP contribution in [-0.4, -0.2) is 33.6 Å². The van der Waals surface area contributed by atoms with Crippen LogP contribution in [0.3, 0.4) is 0 Å². The van der Waals surface area contributed by atoms with E-state index in [1.807, 2.05) is 13.8 Å². The van der Waals surface area contributed by atoms with Crippen molar-refractivity contribution in [2.45, 2.75) is 59.2 Å². The monoisotopic (exact) mass is 336 g/mol. The van der Waals surface area contributed by atoms with Crippen LogP contribution in [-0.2, 0) is 4.74 Å². The number of amides is 2. The lowest BCUT2D eigenvalue weighted by atomic mass is 10.0. The van der Waals surface area contributed by atoms with Crippen LogP contribution in [0.1, 0.15) is 63.5 Å². The van der Waals surface area contributed by atoms with Crippen LogP contribution in [0.25, 0.3) is 0 Å². The Morgan fingerprint density at radius 3 is 2.21 bits per heavy atom. The topological polar surface area (TPSA) is 96.3 Å². The van der Waals surface area contributed by atoms with Crippen molar-refractivity contribution < 1.29 is 19.4 Å². The molecule has 0 heterocycles. The molecule has 0 aliphatic rings. The molecular weight excluding hydrogens is 312 g/mol. The van der Waals surface area contributed by atoms with E-state index in [0.717, 1.165) is 0 Å². The van der Waals surface area contributed by atoms with Crippen molar-refractivity contribution in [3.8, 4) is 5.75 Å². The predicted octanol–water partition coefficient (Wildman–Crippen LogP) is 4.01. The van der Waals surface area contributed by atoms with Gasteiger partial charge in [-0.2, -0.15) is 0 Å². The van der Waals surface area contributed by atoms with Gasteiger partial charge in [-0.15, -0.1) is 4.91 Å². The Hall–Kier alpha value is -2.44. The van der Waals surface area contributed by atoms with Crippen molar-refractivity contribution in [1.82, 2.24) is 4.90 Å². The first kappa shape index (κ1) is 19.6. The number of hydrogen-bond acceptors (Lipinski definition) is 5. The van der Waals surface area contributed by atoms with Gasteiger partial charge in [0.1, 0.15) is 11.4 Å². The van der Waals surface area contributed by atoms with Gasteiger partial charge in [0, 0.05) is 11.2 Å². The molecule has 0 saturated carbocycles. The van der Waals surface area contributed by atoms with E-state index < -0.39 is 23.6 Å². The molecule has 1 aromatic rings. The third-order valence-corrected chi connectivity index (χ3v) is 3.40. The third kappa shape index (κ3) is 4.78. The lowest BCUT2D eigenvalue weighted by Gasteiger charge is -2.34. The molecule has 1 aromatic carbocycles. The van der Waals surface area contributed by atoms with Crippen LogP contribution >= 0.6 is 0 Å². The molecule has 2 amide bonds. The van der Waals surface area contributed by atoms with E-state index >= 15 is 0 Å². The molecule has 0 bridgehead atoms. The van der Waals surface area contributed by atoms with Gasteiger partial charge in [0.15, 0.2) is 0 Å². The van der Waals surface area contributed by atoms with E-state index in [4.69, 9.17) is 4.74 Å². The van der Waals surface area contributed by atoms with Gasteiger partial charge in [-0.3, -0.25) is 9.69 Å². The predicted molar refractivity (Wildman–Crippen MR) is 89.9 cm³/mol.